The number of nitrogens with one attached hydrogen (secondary N) is 2. The van der Waals surface area contributed by atoms with Gasteiger partial charge in [0.25, 0.3) is 5.91 Å². The number of amides is 4. The highest BCUT2D eigenvalue weighted by molar-refractivity contribution is 7.09. The van der Waals surface area contributed by atoms with Crippen LogP contribution >= 0.6 is 11.3 Å². The fourth-order valence-corrected chi connectivity index (χ4v) is 3.74. The summed E-state index contributed by atoms with van der Waals surface area (Å²) in [6.07, 6.45) is 0.980. The van der Waals surface area contributed by atoms with Gasteiger partial charge in [-0.05, 0) is 31.9 Å². The van der Waals surface area contributed by atoms with Gasteiger partial charge in [-0.15, -0.1) is 11.3 Å². The third-order valence-corrected chi connectivity index (χ3v) is 5.61. The number of anilines is 1. The first kappa shape index (κ1) is 19.0. The molecule has 2 heterocycles. The normalized spacial score (nSPS) is 15.7. The summed E-state index contributed by atoms with van der Waals surface area (Å²) in [5.74, 6) is -0.763. The Labute approximate surface area is 161 Å². The Morgan fingerprint density at radius 2 is 1.89 bits per heavy atom. The van der Waals surface area contributed by atoms with Gasteiger partial charge in [0.2, 0.25) is 5.91 Å². The molecular weight excluding hydrogens is 364 g/mol. The van der Waals surface area contributed by atoms with Gasteiger partial charge in [0, 0.05) is 16.6 Å². The highest BCUT2D eigenvalue weighted by atomic mass is 32.1. The van der Waals surface area contributed by atoms with Crippen LogP contribution in [0.15, 0.2) is 29.6 Å². The van der Waals surface area contributed by atoms with Gasteiger partial charge < -0.3 is 10.6 Å². The van der Waals surface area contributed by atoms with E-state index in [2.05, 4.69) is 15.6 Å². The van der Waals surface area contributed by atoms with Crippen molar-refractivity contribution >= 4 is 34.9 Å². The zero-order chi connectivity index (χ0) is 19.6. The van der Waals surface area contributed by atoms with E-state index in [1.807, 2.05) is 38.3 Å². The van der Waals surface area contributed by atoms with Crippen LogP contribution in [0, 0.1) is 6.92 Å². The standard InChI is InChI=1S/C19H22N4O3S/c1-4-19(5-2)17(25)23(18(26)22-19)10-16(24)21-14-8-6-13(7-9-14)15-11-27-12(3)20-15/h6-9,11H,4-5,10H2,1-3H3,(H,21,24)(H,22,26). The van der Waals surface area contributed by atoms with Crippen molar-refractivity contribution in [2.75, 3.05) is 11.9 Å². The van der Waals surface area contributed by atoms with Crippen molar-refractivity contribution in [3.05, 3.63) is 34.7 Å². The molecule has 0 aliphatic carbocycles. The molecule has 3 rings (SSSR count). The lowest BCUT2D eigenvalue weighted by molar-refractivity contribution is -0.134. The molecule has 8 heteroatoms. The van der Waals surface area contributed by atoms with E-state index in [0.717, 1.165) is 21.2 Å². The van der Waals surface area contributed by atoms with Crippen molar-refractivity contribution in [2.45, 2.75) is 39.2 Å². The van der Waals surface area contributed by atoms with Crippen LogP contribution in [-0.4, -0.2) is 39.8 Å². The number of aromatic nitrogens is 1. The van der Waals surface area contributed by atoms with Crippen LogP contribution in [0.4, 0.5) is 10.5 Å². The number of nitrogens with zero attached hydrogens (tertiary/aromatic N) is 2. The summed E-state index contributed by atoms with van der Waals surface area (Å²) in [6.45, 7) is 5.33. The summed E-state index contributed by atoms with van der Waals surface area (Å²) in [7, 11) is 0. The van der Waals surface area contributed by atoms with Crippen molar-refractivity contribution in [3.8, 4) is 11.3 Å². The summed E-state index contributed by atoms with van der Waals surface area (Å²) in [5, 5.41) is 8.41. The topological polar surface area (TPSA) is 91.4 Å². The van der Waals surface area contributed by atoms with E-state index in [4.69, 9.17) is 0 Å². The van der Waals surface area contributed by atoms with Gasteiger partial charge in [0.05, 0.1) is 10.7 Å². The van der Waals surface area contributed by atoms with Crippen LogP contribution in [0.2, 0.25) is 0 Å². The molecule has 0 bridgehead atoms. The van der Waals surface area contributed by atoms with Gasteiger partial charge in [-0.3, -0.25) is 14.5 Å². The fraction of sp³-hybridized carbons (Fsp3) is 0.368. The molecule has 0 saturated carbocycles. The van der Waals surface area contributed by atoms with Gasteiger partial charge in [-0.1, -0.05) is 26.0 Å². The SMILES string of the molecule is CCC1(CC)NC(=O)N(CC(=O)Nc2ccc(-c3csc(C)n3)cc2)C1=O. The van der Waals surface area contributed by atoms with Crippen molar-refractivity contribution in [2.24, 2.45) is 0 Å². The number of benzene rings is 1. The molecule has 1 fully saturated rings. The molecule has 0 unspecified atom stereocenters. The number of aryl methyl sites for hydroxylation is 1. The average molecular weight is 386 g/mol. The number of hydrogen-bond donors (Lipinski definition) is 2. The van der Waals surface area contributed by atoms with E-state index >= 15 is 0 Å². The molecule has 1 aromatic heterocycles. The number of urea groups is 1. The van der Waals surface area contributed by atoms with E-state index < -0.39 is 17.5 Å². The van der Waals surface area contributed by atoms with E-state index in [1.165, 1.54) is 0 Å². The molecule has 1 saturated heterocycles. The van der Waals surface area contributed by atoms with Crippen molar-refractivity contribution in [3.63, 3.8) is 0 Å². The molecular formula is C19H22N4O3S. The Hall–Kier alpha value is -2.74. The Kier molecular flexibility index (Phi) is 5.27. The second-order valence-electron chi connectivity index (χ2n) is 6.49. The second kappa shape index (κ2) is 7.48. The van der Waals surface area contributed by atoms with Crippen LogP contribution in [0.1, 0.15) is 31.7 Å². The van der Waals surface area contributed by atoms with Crippen LogP contribution in [0.25, 0.3) is 11.3 Å². The molecule has 1 aliphatic rings. The molecule has 7 nitrogen and oxygen atoms in total. The molecule has 142 valence electrons. The summed E-state index contributed by atoms with van der Waals surface area (Å²) in [4.78, 5) is 42.4. The lowest BCUT2D eigenvalue weighted by Crippen LogP contribution is -2.46. The van der Waals surface area contributed by atoms with E-state index in [9.17, 15) is 14.4 Å². The van der Waals surface area contributed by atoms with Crippen LogP contribution in [0.3, 0.4) is 0 Å². The molecule has 2 N–H and O–H groups in total. The third-order valence-electron chi connectivity index (χ3n) is 4.84. The first-order valence-corrected chi connectivity index (χ1v) is 9.73. The third kappa shape index (κ3) is 3.71. The Balaban J connectivity index is 1.64. The van der Waals surface area contributed by atoms with E-state index in [-0.39, 0.29) is 12.5 Å². The van der Waals surface area contributed by atoms with Gasteiger partial charge in [0.15, 0.2) is 0 Å². The largest absolute Gasteiger partial charge is 0.325 e. The molecule has 27 heavy (non-hydrogen) atoms. The molecule has 1 aliphatic heterocycles. The first-order valence-electron chi connectivity index (χ1n) is 8.85. The van der Waals surface area contributed by atoms with Crippen molar-refractivity contribution in [1.29, 1.82) is 0 Å². The lowest BCUT2D eigenvalue weighted by Gasteiger charge is -2.23. The van der Waals surface area contributed by atoms with Crippen molar-refractivity contribution in [1.82, 2.24) is 15.2 Å². The highest BCUT2D eigenvalue weighted by Gasteiger charge is 2.49. The number of carbonyl (C=O) groups excluding carboxylic acids is 3. The predicted octanol–water partition coefficient (Wildman–Crippen LogP) is 3.17. The number of thiazole rings is 1. The van der Waals surface area contributed by atoms with E-state index in [1.54, 1.807) is 23.5 Å². The summed E-state index contributed by atoms with van der Waals surface area (Å²) in [5.41, 5.74) is 1.55. The molecule has 0 radical (unpaired) electrons. The maximum atomic E-state index is 12.5. The van der Waals surface area contributed by atoms with Crippen molar-refractivity contribution < 1.29 is 14.4 Å². The average Bonchev–Trinajstić information content (AvgIpc) is 3.19. The minimum absolute atomic E-state index is 0.306. The van der Waals surface area contributed by atoms with Gasteiger partial charge in [0.1, 0.15) is 12.1 Å². The fourth-order valence-electron chi connectivity index (χ4n) is 3.11. The molecule has 1 aromatic carbocycles. The Bertz CT molecular complexity index is 871. The van der Waals surface area contributed by atoms with Crippen LogP contribution in [0.5, 0.6) is 0 Å². The maximum absolute atomic E-state index is 12.5. The zero-order valence-corrected chi connectivity index (χ0v) is 16.4. The number of hydrogen-bond acceptors (Lipinski definition) is 5. The molecule has 4 amide bonds. The lowest BCUT2D eigenvalue weighted by atomic mass is 9.93. The van der Waals surface area contributed by atoms with Gasteiger partial charge in [-0.2, -0.15) is 0 Å². The summed E-state index contributed by atoms with van der Waals surface area (Å²) >= 11 is 1.58. The number of rotatable bonds is 6. The molecule has 0 spiro atoms. The summed E-state index contributed by atoms with van der Waals surface area (Å²) < 4.78 is 0. The van der Waals surface area contributed by atoms with Gasteiger partial charge >= 0.3 is 6.03 Å². The highest BCUT2D eigenvalue weighted by Crippen LogP contribution is 2.25. The smallest absolute Gasteiger partial charge is 0.325 e. The predicted molar refractivity (Wildman–Crippen MR) is 104 cm³/mol. The molecule has 2 aromatic rings. The maximum Gasteiger partial charge on any atom is 0.325 e. The Morgan fingerprint density at radius 1 is 1.22 bits per heavy atom. The molecule has 0 atom stereocenters. The van der Waals surface area contributed by atoms with Crippen LogP contribution in [-0.2, 0) is 9.59 Å². The summed E-state index contributed by atoms with van der Waals surface area (Å²) in [6, 6.07) is 6.77. The Morgan fingerprint density at radius 3 is 2.41 bits per heavy atom. The minimum Gasteiger partial charge on any atom is -0.325 e. The quantitative estimate of drug-likeness (QED) is 0.746. The first-order chi connectivity index (χ1) is 12.9. The zero-order valence-electron chi connectivity index (χ0n) is 15.5. The monoisotopic (exact) mass is 386 g/mol. The number of carbonyl (C=O) groups is 3. The number of imide groups is 1. The van der Waals surface area contributed by atoms with E-state index in [0.29, 0.717) is 18.5 Å². The van der Waals surface area contributed by atoms with Gasteiger partial charge in [-0.25, -0.2) is 9.78 Å². The second-order valence-corrected chi connectivity index (χ2v) is 7.55. The van der Waals surface area contributed by atoms with Crippen LogP contribution < -0.4 is 10.6 Å². The minimum atomic E-state index is -0.898.